The largest absolute Gasteiger partial charge is 0.370 e. The van der Waals surface area contributed by atoms with Crippen LogP contribution in [0.1, 0.15) is 46.5 Å². The summed E-state index contributed by atoms with van der Waals surface area (Å²) in [5.74, 6) is 0. The van der Waals surface area contributed by atoms with Gasteiger partial charge in [-0.3, -0.25) is 4.90 Å². The molecule has 2 saturated heterocycles. The van der Waals surface area contributed by atoms with Crippen molar-refractivity contribution in [1.82, 2.24) is 10.2 Å². The lowest BCUT2D eigenvalue weighted by atomic mass is 10.0. The summed E-state index contributed by atoms with van der Waals surface area (Å²) in [6.07, 6.45) is 5.84. The Kier molecular flexibility index (Phi) is 4.45. The number of rotatable bonds is 2. The van der Waals surface area contributed by atoms with Crippen LogP contribution in [0.3, 0.4) is 0 Å². The van der Waals surface area contributed by atoms with E-state index in [2.05, 4.69) is 31.0 Å². The highest BCUT2D eigenvalue weighted by molar-refractivity contribution is 4.85. The summed E-state index contributed by atoms with van der Waals surface area (Å²) in [5.41, 5.74) is 0.0163. The molecule has 0 bridgehead atoms. The highest BCUT2D eigenvalue weighted by Crippen LogP contribution is 2.21. The number of nitrogens with one attached hydrogen (secondary N) is 1. The lowest BCUT2D eigenvalue weighted by Crippen LogP contribution is -2.54. The van der Waals surface area contributed by atoms with Gasteiger partial charge in [-0.1, -0.05) is 12.8 Å². The van der Waals surface area contributed by atoms with E-state index in [0.717, 1.165) is 13.1 Å². The van der Waals surface area contributed by atoms with Gasteiger partial charge in [-0.05, 0) is 40.2 Å². The van der Waals surface area contributed by atoms with Gasteiger partial charge < -0.3 is 10.1 Å². The Morgan fingerprint density at radius 1 is 1.29 bits per heavy atom. The van der Waals surface area contributed by atoms with E-state index in [9.17, 15) is 0 Å². The minimum absolute atomic E-state index is 0.0163. The van der Waals surface area contributed by atoms with Crippen LogP contribution in [0.4, 0.5) is 0 Å². The Bertz CT molecular complexity index is 234. The summed E-state index contributed by atoms with van der Waals surface area (Å²) in [6, 6.07) is 0.693. The van der Waals surface area contributed by atoms with E-state index in [1.54, 1.807) is 0 Å². The maximum absolute atomic E-state index is 5.96. The van der Waals surface area contributed by atoms with Crippen LogP contribution in [0.5, 0.6) is 0 Å². The van der Waals surface area contributed by atoms with Crippen molar-refractivity contribution in [2.24, 2.45) is 0 Å². The summed E-state index contributed by atoms with van der Waals surface area (Å²) in [6.45, 7) is 11.1. The molecule has 2 atom stereocenters. The van der Waals surface area contributed by atoms with Crippen molar-refractivity contribution in [2.75, 3.05) is 26.2 Å². The Labute approximate surface area is 106 Å². The van der Waals surface area contributed by atoms with Crippen LogP contribution < -0.4 is 5.32 Å². The fourth-order valence-corrected chi connectivity index (χ4v) is 3.29. The van der Waals surface area contributed by atoms with Gasteiger partial charge in [0.25, 0.3) is 0 Å². The van der Waals surface area contributed by atoms with Crippen LogP contribution in [0, 0.1) is 0 Å². The van der Waals surface area contributed by atoms with Gasteiger partial charge in [0.15, 0.2) is 0 Å². The standard InChI is InChI=1S/C14H28N2O/c1-12-9-16(11-14(2,3)17-12)10-13-7-5-4-6-8-15-13/h12-13,15H,4-11H2,1-3H3. The van der Waals surface area contributed by atoms with E-state index in [4.69, 9.17) is 4.74 Å². The average Bonchev–Trinajstić information content (AvgIpc) is 2.42. The van der Waals surface area contributed by atoms with Gasteiger partial charge >= 0.3 is 0 Å². The lowest BCUT2D eigenvalue weighted by Gasteiger charge is -2.43. The summed E-state index contributed by atoms with van der Waals surface area (Å²) < 4.78 is 5.96. The fraction of sp³-hybridized carbons (Fsp3) is 1.00. The number of nitrogens with zero attached hydrogens (tertiary/aromatic N) is 1. The molecule has 3 nitrogen and oxygen atoms in total. The Morgan fingerprint density at radius 3 is 2.88 bits per heavy atom. The predicted octanol–water partition coefficient (Wildman–Crippen LogP) is 2.02. The molecule has 0 aromatic carbocycles. The molecule has 3 heteroatoms. The molecule has 17 heavy (non-hydrogen) atoms. The van der Waals surface area contributed by atoms with Crippen LogP contribution in [0.15, 0.2) is 0 Å². The van der Waals surface area contributed by atoms with Crippen molar-refractivity contribution < 1.29 is 4.74 Å². The molecule has 2 heterocycles. The normalized spacial score (nSPS) is 35.5. The molecule has 2 rings (SSSR count). The number of ether oxygens (including phenoxy) is 1. The van der Waals surface area contributed by atoms with E-state index in [0.29, 0.717) is 12.1 Å². The maximum atomic E-state index is 5.96. The van der Waals surface area contributed by atoms with Crippen LogP contribution in [0.25, 0.3) is 0 Å². The second kappa shape index (κ2) is 5.68. The maximum Gasteiger partial charge on any atom is 0.0757 e. The SMILES string of the molecule is CC1CN(CC2CCCCCN2)CC(C)(C)O1. The zero-order chi connectivity index (χ0) is 12.3. The van der Waals surface area contributed by atoms with Crippen LogP contribution in [-0.4, -0.2) is 48.8 Å². The molecule has 1 N–H and O–H groups in total. The zero-order valence-corrected chi connectivity index (χ0v) is 11.7. The molecule has 0 amide bonds. The first kappa shape index (κ1) is 13.3. The summed E-state index contributed by atoms with van der Waals surface area (Å²) in [7, 11) is 0. The molecule has 2 aliphatic rings. The molecule has 0 spiro atoms. The first-order valence-electron chi connectivity index (χ1n) is 7.19. The molecule has 0 aromatic rings. The number of hydrogen-bond donors (Lipinski definition) is 1. The molecule has 0 aromatic heterocycles. The minimum atomic E-state index is 0.0163. The van der Waals surface area contributed by atoms with Gasteiger partial charge in [0, 0.05) is 25.7 Å². The third-order valence-corrected chi connectivity index (χ3v) is 3.78. The molecular weight excluding hydrogens is 212 g/mol. The van der Waals surface area contributed by atoms with Crippen molar-refractivity contribution in [3.8, 4) is 0 Å². The third kappa shape index (κ3) is 4.23. The smallest absolute Gasteiger partial charge is 0.0757 e. The molecule has 0 radical (unpaired) electrons. The van der Waals surface area contributed by atoms with Gasteiger partial charge in [0.2, 0.25) is 0 Å². The van der Waals surface area contributed by atoms with E-state index in [-0.39, 0.29) is 5.60 Å². The number of morpholine rings is 1. The van der Waals surface area contributed by atoms with E-state index in [1.165, 1.54) is 38.8 Å². The van der Waals surface area contributed by atoms with Gasteiger partial charge in [0.05, 0.1) is 11.7 Å². The van der Waals surface area contributed by atoms with Gasteiger partial charge in [-0.15, -0.1) is 0 Å². The van der Waals surface area contributed by atoms with Gasteiger partial charge in [-0.2, -0.15) is 0 Å². The molecule has 100 valence electrons. The van der Waals surface area contributed by atoms with Crippen molar-refractivity contribution in [3.63, 3.8) is 0 Å². The van der Waals surface area contributed by atoms with E-state index < -0.39 is 0 Å². The summed E-state index contributed by atoms with van der Waals surface area (Å²) >= 11 is 0. The van der Waals surface area contributed by atoms with Crippen LogP contribution in [0.2, 0.25) is 0 Å². The summed E-state index contributed by atoms with van der Waals surface area (Å²) in [4.78, 5) is 2.58. The average molecular weight is 240 g/mol. The highest BCUT2D eigenvalue weighted by Gasteiger charge is 2.32. The van der Waals surface area contributed by atoms with Crippen molar-refractivity contribution in [1.29, 1.82) is 0 Å². The van der Waals surface area contributed by atoms with Crippen molar-refractivity contribution >= 4 is 0 Å². The molecule has 2 aliphatic heterocycles. The minimum Gasteiger partial charge on any atom is -0.370 e. The molecule has 0 saturated carbocycles. The van der Waals surface area contributed by atoms with Crippen molar-refractivity contribution in [3.05, 3.63) is 0 Å². The first-order valence-corrected chi connectivity index (χ1v) is 7.19. The second-order valence-electron chi connectivity index (χ2n) is 6.38. The van der Waals surface area contributed by atoms with E-state index >= 15 is 0 Å². The highest BCUT2D eigenvalue weighted by atomic mass is 16.5. The summed E-state index contributed by atoms with van der Waals surface area (Å²) in [5, 5.41) is 3.69. The Balaban J connectivity index is 1.84. The topological polar surface area (TPSA) is 24.5 Å². The second-order valence-corrected chi connectivity index (χ2v) is 6.38. The number of hydrogen-bond acceptors (Lipinski definition) is 3. The lowest BCUT2D eigenvalue weighted by molar-refractivity contribution is -0.129. The first-order chi connectivity index (χ1) is 8.05. The quantitative estimate of drug-likeness (QED) is 0.799. The molecule has 0 aliphatic carbocycles. The molecular formula is C14H28N2O. The van der Waals surface area contributed by atoms with Crippen molar-refractivity contribution in [2.45, 2.75) is 64.2 Å². The van der Waals surface area contributed by atoms with Gasteiger partial charge in [0.1, 0.15) is 0 Å². The fourth-order valence-electron chi connectivity index (χ4n) is 3.29. The van der Waals surface area contributed by atoms with E-state index in [1.807, 2.05) is 0 Å². The molecule has 2 unspecified atom stereocenters. The third-order valence-electron chi connectivity index (χ3n) is 3.78. The van der Waals surface area contributed by atoms with Gasteiger partial charge in [-0.25, -0.2) is 0 Å². The zero-order valence-electron chi connectivity index (χ0n) is 11.7. The Morgan fingerprint density at radius 2 is 2.12 bits per heavy atom. The predicted molar refractivity (Wildman–Crippen MR) is 71.3 cm³/mol. The van der Waals surface area contributed by atoms with Crippen LogP contribution >= 0.6 is 0 Å². The molecule has 2 fully saturated rings. The monoisotopic (exact) mass is 240 g/mol. The Hall–Kier alpha value is -0.120. The van der Waals surface area contributed by atoms with Crippen LogP contribution in [-0.2, 0) is 4.74 Å².